The number of rotatable bonds is 2. The molecule has 1 atom stereocenters. The van der Waals surface area contributed by atoms with E-state index in [-0.39, 0.29) is 0 Å². The number of nitrogens with zero attached hydrogens (tertiary/aromatic N) is 2. The molecule has 0 radical (unpaired) electrons. The summed E-state index contributed by atoms with van der Waals surface area (Å²) in [7, 11) is -1.00. The Kier molecular flexibility index (Phi) is 2.11. The van der Waals surface area contributed by atoms with Gasteiger partial charge in [-0.05, 0) is 12.1 Å². The largest absolute Gasteiger partial charge is 0.415 e. The average molecular weight is 202 g/mol. The van der Waals surface area contributed by atoms with E-state index in [2.05, 4.69) is 4.51 Å². The molecule has 0 fully saturated rings. The number of hydrogen-bond acceptors (Lipinski definition) is 2. The zero-order chi connectivity index (χ0) is 8.39. The number of benzene rings is 1. The van der Waals surface area contributed by atoms with Gasteiger partial charge in [0.05, 0.1) is 0 Å². The van der Waals surface area contributed by atoms with Crippen LogP contribution in [0.15, 0.2) is 30.3 Å². The van der Waals surface area contributed by atoms with Crippen molar-refractivity contribution in [1.29, 1.82) is 0 Å². The Labute approximate surface area is 71.2 Å². The third-order valence-corrected chi connectivity index (χ3v) is 3.70. The van der Waals surface area contributed by atoms with Crippen LogP contribution in [0, 0.1) is 0 Å². The van der Waals surface area contributed by atoms with Crippen LogP contribution in [0.1, 0.15) is 0 Å². The first kappa shape index (κ1) is 7.78. The number of para-hydroxylation sites is 1. The summed E-state index contributed by atoms with van der Waals surface area (Å²) in [5.41, 5.74) is 0. The summed E-state index contributed by atoms with van der Waals surface area (Å²) in [6.07, 6.45) is 0. The summed E-state index contributed by atoms with van der Waals surface area (Å²) in [5, 5.41) is 0. The van der Waals surface area contributed by atoms with Crippen LogP contribution in [-0.4, -0.2) is 8.82 Å². The lowest BCUT2D eigenvalue weighted by Gasteiger charge is -2.06. The first-order valence-corrected chi connectivity index (χ1v) is 5.23. The van der Waals surface area contributed by atoms with E-state index in [9.17, 15) is 4.48 Å². The first-order valence-electron chi connectivity index (χ1n) is 3.27. The summed E-state index contributed by atoms with van der Waals surface area (Å²) in [6.45, 7) is 0. The summed E-state index contributed by atoms with van der Waals surface area (Å²) >= 11 is 0. The van der Waals surface area contributed by atoms with Crippen LogP contribution in [0.2, 0.25) is 0 Å². The second-order valence-electron chi connectivity index (χ2n) is 2.08. The van der Waals surface area contributed by atoms with Crippen LogP contribution in [0.5, 0.6) is 5.75 Å². The Morgan fingerprint density at radius 1 is 1.42 bits per heavy atom. The summed E-state index contributed by atoms with van der Waals surface area (Å²) in [6, 6.07) is 9.11. The van der Waals surface area contributed by atoms with E-state index >= 15 is 0 Å². The van der Waals surface area contributed by atoms with E-state index in [4.69, 9.17) is 4.52 Å². The molecular weight excluding hydrogens is 197 g/mol. The molecule has 0 aliphatic heterocycles. The Balaban J connectivity index is 2.13. The van der Waals surface area contributed by atoms with Crippen LogP contribution in [0.25, 0.3) is 0 Å². The molecule has 0 aliphatic carbocycles. The maximum absolute atomic E-state index is 12.5. The molecular formula is C6H5FN2OP2. The monoisotopic (exact) mass is 202 g/mol. The highest BCUT2D eigenvalue weighted by atomic mass is 31.2. The van der Waals surface area contributed by atoms with Gasteiger partial charge in [-0.3, -0.25) is 0 Å². The fourth-order valence-corrected chi connectivity index (χ4v) is 2.19. The lowest BCUT2D eigenvalue weighted by atomic mass is 10.3. The summed E-state index contributed by atoms with van der Waals surface area (Å²) < 4.78 is 22.1. The molecule has 62 valence electrons. The van der Waals surface area contributed by atoms with Crippen molar-refractivity contribution >= 4 is 16.6 Å². The average Bonchev–Trinajstić information content (AvgIpc) is 2.14. The molecule has 0 amide bonds. The Morgan fingerprint density at radius 2 is 2.17 bits per heavy atom. The van der Waals surface area contributed by atoms with Gasteiger partial charge in [-0.2, -0.15) is 0 Å². The minimum absolute atomic E-state index is 0.353. The molecule has 1 aromatic heterocycles. The fraction of sp³-hybridized carbons (Fsp3) is 0. The highest BCUT2D eigenvalue weighted by Gasteiger charge is 2.06. The minimum atomic E-state index is -1.36. The van der Waals surface area contributed by atoms with Gasteiger partial charge >= 0.3 is 0 Å². The third kappa shape index (κ3) is 1.50. The van der Waals surface area contributed by atoms with Crippen molar-refractivity contribution in [3.63, 3.8) is 0 Å². The van der Waals surface area contributed by atoms with Crippen molar-refractivity contribution in [3.05, 3.63) is 30.3 Å². The summed E-state index contributed by atoms with van der Waals surface area (Å²) in [5.74, 6) is 0.657. The van der Waals surface area contributed by atoms with E-state index in [0.29, 0.717) is 18.6 Å². The van der Waals surface area contributed by atoms with Crippen LogP contribution in [0.4, 0.5) is 4.48 Å². The fourth-order valence-electron chi connectivity index (χ4n) is 0.730. The molecule has 1 unspecified atom stereocenters. The minimum Gasteiger partial charge on any atom is -0.415 e. The van der Waals surface area contributed by atoms with Gasteiger partial charge in [-0.25, -0.2) is 0 Å². The van der Waals surface area contributed by atoms with Crippen LogP contribution in [-0.2, 0) is 0 Å². The zero-order valence-corrected chi connectivity index (χ0v) is 7.75. The second kappa shape index (κ2) is 3.26. The van der Waals surface area contributed by atoms with Gasteiger partial charge in [-0.15, -0.1) is 4.51 Å². The van der Waals surface area contributed by atoms with Crippen molar-refractivity contribution in [3.8, 4) is 5.75 Å². The lowest BCUT2D eigenvalue weighted by Crippen LogP contribution is -1.90. The predicted octanol–water partition coefficient (Wildman–Crippen LogP) is 3.02. The highest BCUT2D eigenvalue weighted by molar-refractivity contribution is 7.53. The molecule has 0 saturated carbocycles. The standard InChI is InChI=1S/C6H5FN2OP2/c7-9-11-8-12(9)10-6-4-2-1-3-5-6/h1-5H. The molecule has 0 spiro atoms. The molecule has 3 nitrogen and oxygen atoms in total. The molecule has 1 aromatic carbocycles. The molecule has 0 saturated heterocycles. The molecule has 0 N–H and O–H groups in total. The van der Waals surface area contributed by atoms with Gasteiger partial charge in [-0.1, -0.05) is 27.0 Å². The number of halogens is 1. The van der Waals surface area contributed by atoms with Crippen LogP contribution >= 0.6 is 16.6 Å². The Bertz CT molecular complexity index is 359. The van der Waals surface area contributed by atoms with Crippen molar-refractivity contribution < 1.29 is 9.01 Å². The van der Waals surface area contributed by atoms with Gasteiger partial charge in [0.25, 0.3) is 8.08 Å². The van der Waals surface area contributed by atoms with E-state index in [1.165, 1.54) is 0 Å². The van der Waals surface area contributed by atoms with Gasteiger partial charge < -0.3 is 4.52 Å². The Hall–Kier alpha value is -0.850. The molecule has 0 bridgehead atoms. The number of hydrogen-bond donors (Lipinski definition) is 0. The van der Waals surface area contributed by atoms with E-state index < -0.39 is 8.08 Å². The van der Waals surface area contributed by atoms with Gasteiger partial charge in [0.15, 0.2) is 8.51 Å². The second-order valence-corrected chi connectivity index (χ2v) is 4.68. The molecule has 6 heteroatoms. The van der Waals surface area contributed by atoms with Gasteiger partial charge in [0, 0.05) is 0 Å². The maximum atomic E-state index is 12.5. The third-order valence-electron chi connectivity index (χ3n) is 1.26. The van der Waals surface area contributed by atoms with Crippen molar-refractivity contribution in [2.24, 2.45) is 0 Å². The van der Waals surface area contributed by atoms with Gasteiger partial charge in [0.2, 0.25) is 0 Å². The zero-order valence-electron chi connectivity index (χ0n) is 5.96. The van der Waals surface area contributed by atoms with Gasteiger partial charge in [0.1, 0.15) is 5.75 Å². The molecule has 2 rings (SSSR count). The predicted molar refractivity (Wildman–Crippen MR) is 46.4 cm³/mol. The smallest absolute Gasteiger partial charge is 0.297 e. The molecule has 12 heavy (non-hydrogen) atoms. The lowest BCUT2D eigenvalue weighted by molar-refractivity contribution is 0.425. The highest BCUT2D eigenvalue weighted by Crippen LogP contribution is 2.34. The SMILES string of the molecule is Fn1pnp1Oc1ccccc1. The number of aromatic nitrogens is 2. The summed E-state index contributed by atoms with van der Waals surface area (Å²) in [4.78, 5) is 0. The topological polar surface area (TPSA) is 27.1 Å². The maximum Gasteiger partial charge on any atom is 0.297 e. The van der Waals surface area contributed by atoms with E-state index in [1.807, 2.05) is 18.2 Å². The van der Waals surface area contributed by atoms with E-state index in [1.54, 1.807) is 12.1 Å². The Morgan fingerprint density at radius 3 is 2.67 bits per heavy atom. The van der Waals surface area contributed by atoms with Crippen molar-refractivity contribution in [2.45, 2.75) is 0 Å². The molecule has 2 aromatic rings. The van der Waals surface area contributed by atoms with Crippen LogP contribution < -0.4 is 4.52 Å². The van der Waals surface area contributed by atoms with Crippen LogP contribution in [0.3, 0.4) is 0 Å². The van der Waals surface area contributed by atoms with Crippen molar-refractivity contribution in [1.82, 2.24) is 8.82 Å². The first-order chi connectivity index (χ1) is 5.86. The van der Waals surface area contributed by atoms with Crippen molar-refractivity contribution in [2.75, 3.05) is 0 Å². The molecule has 0 aliphatic rings. The van der Waals surface area contributed by atoms with E-state index in [0.717, 1.165) is 0 Å². The molecule has 1 heterocycles. The normalized spacial score (nSPS) is 12.2. The quantitative estimate of drug-likeness (QED) is 0.748.